The molecule has 0 spiro atoms. The first-order valence-corrected chi connectivity index (χ1v) is 9.49. The zero-order valence-electron chi connectivity index (χ0n) is 17.4. The first kappa shape index (κ1) is 22.1. The van der Waals surface area contributed by atoms with Gasteiger partial charge in [0.1, 0.15) is 11.8 Å². The number of methoxy groups -OCH3 is 1. The zero-order chi connectivity index (χ0) is 21.6. The fraction of sp³-hybridized carbons (Fsp3) is 0.348. The molecule has 0 aromatic heterocycles. The summed E-state index contributed by atoms with van der Waals surface area (Å²) in [5, 5.41) is 2.72. The summed E-state index contributed by atoms with van der Waals surface area (Å²) < 4.78 is 10.4. The van der Waals surface area contributed by atoms with Crippen LogP contribution in [-0.4, -0.2) is 36.9 Å². The van der Waals surface area contributed by atoms with Crippen molar-refractivity contribution in [1.29, 1.82) is 0 Å². The predicted octanol–water partition coefficient (Wildman–Crippen LogP) is 3.57. The first-order chi connectivity index (χ1) is 13.7. The van der Waals surface area contributed by atoms with Crippen LogP contribution in [0.15, 0.2) is 48.5 Å². The Morgan fingerprint density at radius 1 is 0.931 bits per heavy atom. The van der Waals surface area contributed by atoms with Gasteiger partial charge in [-0.25, -0.2) is 4.79 Å². The number of rotatable bonds is 8. The van der Waals surface area contributed by atoms with Gasteiger partial charge in [-0.05, 0) is 56.2 Å². The van der Waals surface area contributed by atoms with Crippen molar-refractivity contribution in [2.24, 2.45) is 5.92 Å². The van der Waals surface area contributed by atoms with E-state index in [0.29, 0.717) is 16.9 Å². The lowest BCUT2D eigenvalue weighted by Crippen LogP contribution is -2.46. The van der Waals surface area contributed by atoms with Crippen LogP contribution < -0.4 is 10.1 Å². The van der Waals surface area contributed by atoms with Gasteiger partial charge in [-0.15, -0.1) is 0 Å². The van der Waals surface area contributed by atoms with E-state index in [1.54, 1.807) is 63.4 Å². The van der Waals surface area contributed by atoms with Crippen molar-refractivity contribution in [3.8, 4) is 5.75 Å². The second kappa shape index (κ2) is 9.87. The molecule has 29 heavy (non-hydrogen) atoms. The van der Waals surface area contributed by atoms with Crippen molar-refractivity contribution >= 4 is 17.7 Å². The van der Waals surface area contributed by atoms with E-state index in [1.807, 2.05) is 13.0 Å². The standard InChI is InChI=1S/C23H27NO5/c1-14(2)20(24-22(26)18-8-6-7-15(3)13-18)23(27)29-16(4)21(25)17-9-11-19(28-5)12-10-17/h6-14,16,20H,1-5H3,(H,24,26)/t16?,20-/m0/s1. The molecular weight excluding hydrogens is 370 g/mol. The van der Waals surface area contributed by atoms with Crippen molar-refractivity contribution in [2.45, 2.75) is 39.8 Å². The van der Waals surface area contributed by atoms with Gasteiger partial charge < -0.3 is 14.8 Å². The number of aryl methyl sites for hydroxylation is 1. The molecular formula is C23H27NO5. The maximum absolute atomic E-state index is 12.7. The Labute approximate surface area is 171 Å². The van der Waals surface area contributed by atoms with E-state index in [-0.39, 0.29) is 17.6 Å². The number of hydrogen-bond donors (Lipinski definition) is 1. The van der Waals surface area contributed by atoms with Gasteiger partial charge in [0.15, 0.2) is 6.10 Å². The number of Topliss-reactive ketones (excluding diaryl/α,β-unsaturated/α-hetero) is 1. The predicted molar refractivity (Wildman–Crippen MR) is 110 cm³/mol. The highest BCUT2D eigenvalue weighted by atomic mass is 16.5. The van der Waals surface area contributed by atoms with E-state index in [4.69, 9.17) is 9.47 Å². The van der Waals surface area contributed by atoms with E-state index in [2.05, 4.69) is 5.32 Å². The summed E-state index contributed by atoms with van der Waals surface area (Å²) in [6.45, 7) is 7.01. The molecule has 2 atom stereocenters. The van der Waals surface area contributed by atoms with Crippen LogP contribution in [0.4, 0.5) is 0 Å². The number of ketones is 1. The number of benzene rings is 2. The summed E-state index contributed by atoms with van der Waals surface area (Å²) in [6, 6.07) is 12.8. The summed E-state index contributed by atoms with van der Waals surface area (Å²) in [7, 11) is 1.54. The Morgan fingerprint density at radius 2 is 1.59 bits per heavy atom. The van der Waals surface area contributed by atoms with Gasteiger partial charge in [-0.1, -0.05) is 31.5 Å². The van der Waals surface area contributed by atoms with E-state index >= 15 is 0 Å². The van der Waals surface area contributed by atoms with E-state index in [9.17, 15) is 14.4 Å². The van der Waals surface area contributed by atoms with Crippen molar-refractivity contribution in [1.82, 2.24) is 5.32 Å². The van der Waals surface area contributed by atoms with E-state index in [0.717, 1.165) is 5.56 Å². The molecule has 6 nitrogen and oxygen atoms in total. The number of carbonyl (C=O) groups excluding carboxylic acids is 3. The van der Waals surface area contributed by atoms with E-state index in [1.165, 1.54) is 6.92 Å². The molecule has 0 radical (unpaired) electrons. The Balaban J connectivity index is 2.05. The molecule has 154 valence electrons. The molecule has 0 aliphatic heterocycles. The van der Waals surface area contributed by atoms with Gasteiger partial charge in [0.05, 0.1) is 7.11 Å². The third kappa shape index (κ3) is 5.91. The lowest BCUT2D eigenvalue weighted by molar-refractivity contribution is -0.149. The number of amides is 1. The highest BCUT2D eigenvalue weighted by Crippen LogP contribution is 2.15. The summed E-state index contributed by atoms with van der Waals surface area (Å²) in [5.74, 6) is -0.910. The SMILES string of the molecule is COc1ccc(C(=O)C(C)OC(=O)[C@@H](NC(=O)c2cccc(C)c2)C(C)C)cc1. The normalized spacial score (nSPS) is 12.8. The fourth-order valence-electron chi connectivity index (χ4n) is 2.80. The quantitative estimate of drug-likeness (QED) is 0.544. The monoisotopic (exact) mass is 397 g/mol. The Bertz CT molecular complexity index is 873. The first-order valence-electron chi connectivity index (χ1n) is 9.49. The minimum atomic E-state index is -0.979. The van der Waals surface area contributed by atoms with Gasteiger partial charge >= 0.3 is 5.97 Å². The number of nitrogens with one attached hydrogen (secondary N) is 1. The molecule has 0 saturated carbocycles. The minimum Gasteiger partial charge on any atom is -0.497 e. The van der Waals surface area contributed by atoms with Crippen molar-refractivity contribution in [3.05, 3.63) is 65.2 Å². The third-order valence-corrected chi connectivity index (χ3v) is 4.52. The van der Waals surface area contributed by atoms with Gasteiger partial charge in [0.2, 0.25) is 5.78 Å². The Morgan fingerprint density at radius 3 is 2.14 bits per heavy atom. The number of esters is 1. The van der Waals surface area contributed by atoms with Gasteiger partial charge in [-0.2, -0.15) is 0 Å². The van der Waals surface area contributed by atoms with Crippen LogP contribution in [0.25, 0.3) is 0 Å². The summed E-state index contributed by atoms with van der Waals surface area (Å²) in [6.07, 6.45) is -0.979. The lowest BCUT2D eigenvalue weighted by atomic mass is 10.0. The number of hydrogen-bond acceptors (Lipinski definition) is 5. The Hall–Kier alpha value is -3.15. The highest BCUT2D eigenvalue weighted by Gasteiger charge is 2.29. The van der Waals surface area contributed by atoms with Gasteiger partial charge in [-0.3, -0.25) is 9.59 Å². The topological polar surface area (TPSA) is 81.7 Å². The molecule has 1 N–H and O–H groups in total. The van der Waals surface area contributed by atoms with Gasteiger partial charge in [0, 0.05) is 11.1 Å². The van der Waals surface area contributed by atoms with E-state index < -0.39 is 18.1 Å². The molecule has 1 amide bonds. The maximum atomic E-state index is 12.7. The molecule has 0 aliphatic rings. The summed E-state index contributed by atoms with van der Waals surface area (Å²) in [4.78, 5) is 37.7. The van der Waals surface area contributed by atoms with Crippen LogP contribution in [0.5, 0.6) is 5.75 Å². The van der Waals surface area contributed by atoms with Gasteiger partial charge in [0.25, 0.3) is 5.91 Å². The largest absolute Gasteiger partial charge is 0.497 e. The van der Waals surface area contributed by atoms with Crippen LogP contribution in [0.3, 0.4) is 0 Å². The second-order valence-corrected chi connectivity index (χ2v) is 7.24. The summed E-state index contributed by atoms with van der Waals surface area (Å²) in [5.41, 5.74) is 1.82. The Kier molecular flexibility index (Phi) is 7.53. The van der Waals surface area contributed by atoms with Crippen LogP contribution in [-0.2, 0) is 9.53 Å². The average Bonchev–Trinajstić information content (AvgIpc) is 2.70. The number of ether oxygens (including phenoxy) is 2. The van der Waals surface area contributed by atoms with Crippen molar-refractivity contribution < 1.29 is 23.9 Å². The molecule has 2 aromatic rings. The highest BCUT2D eigenvalue weighted by molar-refractivity contribution is 6.01. The zero-order valence-corrected chi connectivity index (χ0v) is 17.4. The maximum Gasteiger partial charge on any atom is 0.329 e. The van der Waals surface area contributed by atoms with Crippen LogP contribution in [0.1, 0.15) is 47.1 Å². The molecule has 2 aromatic carbocycles. The van der Waals surface area contributed by atoms with Crippen LogP contribution >= 0.6 is 0 Å². The molecule has 6 heteroatoms. The third-order valence-electron chi connectivity index (χ3n) is 4.52. The lowest BCUT2D eigenvalue weighted by Gasteiger charge is -2.23. The molecule has 0 aliphatic carbocycles. The molecule has 2 rings (SSSR count). The fourth-order valence-corrected chi connectivity index (χ4v) is 2.80. The smallest absolute Gasteiger partial charge is 0.329 e. The van der Waals surface area contributed by atoms with Crippen LogP contribution in [0, 0.1) is 12.8 Å². The molecule has 1 unspecified atom stereocenters. The second-order valence-electron chi connectivity index (χ2n) is 7.24. The van der Waals surface area contributed by atoms with Crippen molar-refractivity contribution in [2.75, 3.05) is 7.11 Å². The molecule has 0 bridgehead atoms. The summed E-state index contributed by atoms with van der Waals surface area (Å²) >= 11 is 0. The average molecular weight is 397 g/mol. The minimum absolute atomic E-state index is 0.209. The molecule has 0 heterocycles. The molecule has 0 fully saturated rings. The molecule has 0 saturated heterocycles. The number of carbonyl (C=O) groups is 3. The van der Waals surface area contributed by atoms with Crippen molar-refractivity contribution in [3.63, 3.8) is 0 Å². The van der Waals surface area contributed by atoms with Crippen LogP contribution in [0.2, 0.25) is 0 Å².